The van der Waals surface area contributed by atoms with Gasteiger partial charge in [-0.05, 0) is 31.5 Å². The number of ether oxygens (including phenoxy) is 1. The first-order valence-corrected chi connectivity index (χ1v) is 7.79. The van der Waals surface area contributed by atoms with Crippen LogP contribution in [-0.2, 0) is 11.2 Å². The molecular weight excluding hydrogens is 304 g/mol. The van der Waals surface area contributed by atoms with E-state index in [0.717, 1.165) is 45.6 Å². The van der Waals surface area contributed by atoms with Gasteiger partial charge in [-0.1, -0.05) is 34.1 Å². The molecule has 1 unspecified atom stereocenters. The SMILES string of the molecule is CN(CCc1ccccc1Br)CCC1CNCCO1. The number of rotatable bonds is 6. The zero-order chi connectivity index (χ0) is 13.5. The molecule has 0 radical (unpaired) electrons. The van der Waals surface area contributed by atoms with Crippen LogP contribution in [0.5, 0.6) is 0 Å². The predicted molar refractivity (Wildman–Crippen MR) is 82.6 cm³/mol. The lowest BCUT2D eigenvalue weighted by Gasteiger charge is -2.26. The monoisotopic (exact) mass is 326 g/mol. The van der Waals surface area contributed by atoms with Gasteiger partial charge in [0.15, 0.2) is 0 Å². The molecule has 0 bridgehead atoms. The average Bonchev–Trinajstić information content (AvgIpc) is 2.45. The van der Waals surface area contributed by atoms with Crippen molar-refractivity contribution in [3.8, 4) is 0 Å². The van der Waals surface area contributed by atoms with E-state index in [4.69, 9.17) is 4.74 Å². The van der Waals surface area contributed by atoms with Gasteiger partial charge in [-0.15, -0.1) is 0 Å². The largest absolute Gasteiger partial charge is 0.376 e. The number of likely N-dealkylation sites (N-methyl/N-ethyl adjacent to an activating group) is 1. The van der Waals surface area contributed by atoms with Crippen LogP contribution in [0.25, 0.3) is 0 Å². The molecule has 1 aliphatic heterocycles. The maximum absolute atomic E-state index is 5.71. The molecule has 3 nitrogen and oxygen atoms in total. The molecule has 1 aromatic carbocycles. The Hall–Kier alpha value is -0.420. The number of nitrogens with zero attached hydrogens (tertiary/aromatic N) is 1. The van der Waals surface area contributed by atoms with Crippen molar-refractivity contribution < 1.29 is 4.74 Å². The molecule has 1 saturated heterocycles. The molecule has 0 amide bonds. The van der Waals surface area contributed by atoms with Crippen LogP contribution in [0.3, 0.4) is 0 Å². The summed E-state index contributed by atoms with van der Waals surface area (Å²) in [5.74, 6) is 0. The molecule has 2 rings (SSSR count). The van der Waals surface area contributed by atoms with Gasteiger partial charge in [-0.25, -0.2) is 0 Å². The molecule has 1 N–H and O–H groups in total. The number of nitrogens with one attached hydrogen (secondary N) is 1. The molecule has 19 heavy (non-hydrogen) atoms. The van der Waals surface area contributed by atoms with Gasteiger partial charge in [0.2, 0.25) is 0 Å². The Morgan fingerprint density at radius 1 is 1.37 bits per heavy atom. The third-order valence-corrected chi connectivity index (χ3v) is 4.33. The first kappa shape index (κ1) is 15.0. The summed E-state index contributed by atoms with van der Waals surface area (Å²) in [4.78, 5) is 2.39. The van der Waals surface area contributed by atoms with Crippen molar-refractivity contribution >= 4 is 15.9 Å². The molecule has 1 heterocycles. The van der Waals surface area contributed by atoms with Crippen LogP contribution in [0.4, 0.5) is 0 Å². The van der Waals surface area contributed by atoms with E-state index in [9.17, 15) is 0 Å². The second kappa shape index (κ2) is 8.00. The van der Waals surface area contributed by atoms with Crippen molar-refractivity contribution in [1.29, 1.82) is 0 Å². The summed E-state index contributed by atoms with van der Waals surface area (Å²) in [6.07, 6.45) is 2.58. The number of halogens is 1. The third kappa shape index (κ3) is 5.22. The van der Waals surface area contributed by atoms with Gasteiger partial charge in [-0.3, -0.25) is 0 Å². The van der Waals surface area contributed by atoms with Crippen LogP contribution >= 0.6 is 15.9 Å². The van der Waals surface area contributed by atoms with E-state index in [1.54, 1.807) is 0 Å². The maximum atomic E-state index is 5.71. The van der Waals surface area contributed by atoms with Crippen LogP contribution in [-0.4, -0.2) is 50.8 Å². The van der Waals surface area contributed by atoms with Crippen molar-refractivity contribution in [1.82, 2.24) is 10.2 Å². The Bertz CT molecular complexity index is 380. The first-order valence-electron chi connectivity index (χ1n) is 7.00. The Morgan fingerprint density at radius 3 is 2.95 bits per heavy atom. The van der Waals surface area contributed by atoms with E-state index in [1.807, 2.05) is 0 Å². The second-order valence-electron chi connectivity index (χ2n) is 5.13. The van der Waals surface area contributed by atoms with E-state index in [-0.39, 0.29) is 0 Å². The van der Waals surface area contributed by atoms with Crippen LogP contribution in [0, 0.1) is 0 Å². The Labute approximate surface area is 124 Å². The van der Waals surface area contributed by atoms with Crippen molar-refractivity contribution in [2.45, 2.75) is 18.9 Å². The summed E-state index contributed by atoms with van der Waals surface area (Å²) in [6, 6.07) is 8.45. The second-order valence-corrected chi connectivity index (χ2v) is 5.98. The number of hydrogen-bond acceptors (Lipinski definition) is 3. The summed E-state index contributed by atoms with van der Waals surface area (Å²) in [5.41, 5.74) is 1.38. The van der Waals surface area contributed by atoms with E-state index in [1.165, 1.54) is 10.0 Å². The highest BCUT2D eigenvalue weighted by atomic mass is 79.9. The summed E-state index contributed by atoms with van der Waals surface area (Å²) >= 11 is 3.60. The van der Waals surface area contributed by atoms with E-state index >= 15 is 0 Å². The molecule has 0 aliphatic carbocycles. The molecule has 106 valence electrons. The minimum atomic E-state index is 0.389. The van der Waals surface area contributed by atoms with Gasteiger partial charge < -0.3 is 15.0 Å². The molecular formula is C15H23BrN2O. The van der Waals surface area contributed by atoms with E-state index in [0.29, 0.717) is 6.10 Å². The number of benzene rings is 1. The zero-order valence-corrected chi connectivity index (χ0v) is 13.2. The fourth-order valence-corrected chi connectivity index (χ4v) is 2.78. The quantitative estimate of drug-likeness (QED) is 0.868. The van der Waals surface area contributed by atoms with Gasteiger partial charge >= 0.3 is 0 Å². The average molecular weight is 327 g/mol. The number of morpholine rings is 1. The van der Waals surface area contributed by atoms with Crippen molar-refractivity contribution in [2.75, 3.05) is 39.8 Å². The minimum Gasteiger partial charge on any atom is -0.376 e. The lowest BCUT2D eigenvalue weighted by atomic mass is 10.1. The van der Waals surface area contributed by atoms with Gasteiger partial charge in [0, 0.05) is 30.7 Å². The summed E-state index contributed by atoms with van der Waals surface area (Å²) < 4.78 is 6.92. The molecule has 1 fully saturated rings. The minimum absolute atomic E-state index is 0.389. The van der Waals surface area contributed by atoms with Crippen molar-refractivity contribution in [2.24, 2.45) is 0 Å². The number of hydrogen-bond donors (Lipinski definition) is 1. The predicted octanol–water partition coefficient (Wildman–Crippen LogP) is 2.30. The van der Waals surface area contributed by atoms with Crippen LogP contribution in [0.15, 0.2) is 28.7 Å². The van der Waals surface area contributed by atoms with E-state index in [2.05, 4.69) is 57.5 Å². The smallest absolute Gasteiger partial charge is 0.0712 e. The van der Waals surface area contributed by atoms with Gasteiger partial charge in [0.1, 0.15) is 0 Å². The van der Waals surface area contributed by atoms with Crippen LogP contribution < -0.4 is 5.32 Å². The summed E-state index contributed by atoms with van der Waals surface area (Å²) in [7, 11) is 2.19. The molecule has 0 aromatic heterocycles. The highest BCUT2D eigenvalue weighted by Gasteiger charge is 2.13. The normalized spacial score (nSPS) is 19.8. The topological polar surface area (TPSA) is 24.5 Å². The maximum Gasteiger partial charge on any atom is 0.0712 e. The third-order valence-electron chi connectivity index (χ3n) is 3.56. The van der Waals surface area contributed by atoms with Gasteiger partial charge in [0.05, 0.1) is 12.7 Å². The van der Waals surface area contributed by atoms with E-state index < -0.39 is 0 Å². The molecule has 1 atom stereocenters. The van der Waals surface area contributed by atoms with Crippen molar-refractivity contribution in [3.63, 3.8) is 0 Å². The Kier molecular flexibility index (Phi) is 6.31. The fourth-order valence-electron chi connectivity index (χ4n) is 2.29. The molecule has 1 aromatic rings. The fraction of sp³-hybridized carbons (Fsp3) is 0.600. The molecule has 0 spiro atoms. The first-order chi connectivity index (χ1) is 9.25. The van der Waals surface area contributed by atoms with Crippen LogP contribution in [0.2, 0.25) is 0 Å². The van der Waals surface area contributed by atoms with Crippen molar-refractivity contribution in [3.05, 3.63) is 34.3 Å². The Morgan fingerprint density at radius 2 is 2.21 bits per heavy atom. The summed E-state index contributed by atoms with van der Waals surface area (Å²) in [5, 5.41) is 3.37. The highest BCUT2D eigenvalue weighted by Crippen LogP contribution is 2.16. The standard InChI is InChI=1S/C15H23BrN2O/c1-18(10-7-14-12-17-8-11-19-14)9-6-13-4-2-3-5-15(13)16/h2-5,14,17H,6-12H2,1H3. The molecule has 1 aliphatic rings. The summed E-state index contributed by atoms with van der Waals surface area (Å²) in [6.45, 7) is 5.03. The van der Waals surface area contributed by atoms with Gasteiger partial charge in [0.25, 0.3) is 0 Å². The zero-order valence-electron chi connectivity index (χ0n) is 11.6. The highest BCUT2D eigenvalue weighted by molar-refractivity contribution is 9.10. The van der Waals surface area contributed by atoms with Crippen LogP contribution in [0.1, 0.15) is 12.0 Å². The van der Waals surface area contributed by atoms with Gasteiger partial charge in [-0.2, -0.15) is 0 Å². The molecule has 4 heteroatoms. The lowest BCUT2D eigenvalue weighted by molar-refractivity contribution is 0.0188. The lowest BCUT2D eigenvalue weighted by Crippen LogP contribution is -2.40. The Balaban J connectivity index is 1.66. The molecule has 0 saturated carbocycles.